The Kier molecular flexibility index (Phi) is 5.61. The van der Waals surface area contributed by atoms with Gasteiger partial charge in [-0.3, -0.25) is 4.79 Å². The fourth-order valence-corrected chi connectivity index (χ4v) is 1.84. The molecule has 1 aromatic rings. The monoisotopic (exact) mass is 294 g/mol. The Hall–Kier alpha value is -1.75. The predicted octanol–water partition coefficient (Wildman–Crippen LogP) is 2.40. The summed E-state index contributed by atoms with van der Waals surface area (Å²) in [5, 5.41) is 2.89. The van der Waals surface area contributed by atoms with Crippen molar-refractivity contribution in [2.24, 2.45) is 5.73 Å². The quantitative estimate of drug-likeness (QED) is 0.874. The standard InChI is InChI=1S/C16H26N2O3/c1-10(17)13-8-7-12(20-6)9-14(13)21-11(2)15(19)18-16(3,4)5/h7-11H,17H2,1-6H3,(H,18,19)/t10-,11?/m0/s1. The van der Waals surface area contributed by atoms with Crippen LogP contribution in [0.25, 0.3) is 0 Å². The van der Waals surface area contributed by atoms with Crippen LogP contribution < -0.4 is 20.5 Å². The highest BCUT2D eigenvalue weighted by Gasteiger charge is 2.22. The largest absolute Gasteiger partial charge is 0.497 e. The minimum Gasteiger partial charge on any atom is -0.497 e. The van der Waals surface area contributed by atoms with Crippen molar-refractivity contribution in [2.75, 3.05) is 7.11 Å². The summed E-state index contributed by atoms with van der Waals surface area (Å²) in [5.74, 6) is 1.07. The molecule has 1 amide bonds. The molecule has 0 spiro atoms. The second-order valence-electron chi connectivity index (χ2n) is 6.19. The smallest absolute Gasteiger partial charge is 0.261 e. The first-order valence-corrected chi connectivity index (χ1v) is 7.06. The molecule has 21 heavy (non-hydrogen) atoms. The molecule has 3 N–H and O–H groups in total. The van der Waals surface area contributed by atoms with Crippen LogP contribution in [-0.2, 0) is 4.79 Å². The van der Waals surface area contributed by atoms with Crippen LogP contribution in [0.5, 0.6) is 11.5 Å². The summed E-state index contributed by atoms with van der Waals surface area (Å²) in [6.45, 7) is 9.36. The number of hydrogen-bond acceptors (Lipinski definition) is 4. The highest BCUT2D eigenvalue weighted by atomic mass is 16.5. The average Bonchev–Trinajstić information content (AvgIpc) is 2.36. The van der Waals surface area contributed by atoms with Gasteiger partial charge in [0.15, 0.2) is 6.10 Å². The van der Waals surface area contributed by atoms with Gasteiger partial charge in [0.1, 0.15) is 11.5 Å². The number of benzene rings is 1. The third-order valence-corrected chi connectivity index (χ3v) is 2.88. The Labute approximate surface area is 126 Å². The minimum atomic E-state index is -0.617. The van der Waals surface area contributed by atoms with Crippen LogP contribution in [0.1, 0.15) is 46.2 Å². The molecule has 0 aromatic heterocycles. The number of rotatable bonds is 5. The van der Waals surface area contributed by atoms with Crippen molar-refractivity contribution >= 4 is 5.91 Å². The van der Waals surface area contributed by atoms with E-state index in [1.165, 1.54) is 0 Å². The van der Waals surface area contributed by atoms with E-state index >= 15 is 0 Å². The summed E-state index contributed by atoms with van der Waals surface area (Å²) in [6.07, 6.45) is -0.617. The highest BCUT2D eigenvalue weighted by Crippen LogP contribution is 2.29. The molecule has 0 radical (unpaired) electrons. The number of hydrogen-bond donors (Lipinski definition) is 2. The third-order valence-electron chi connectivity index (χ3n) is 2.88. The molecule has 0 heterocycles. The number of ether oxygens (including phenoxy) is 2. The zero-order chi connectivity index (χ0) is 16.2. The second kappa shape index (κ2) is 6.80. The number of nitrogens with two attached hydrogens (primary N) is 1. The maximum atomic E-state index is 12.1. The fraction of sp³-hybridized carbons (Fsp3) is 0.562. The van der Waals surface area contributed by atoms with Crippen LogP contribution in [0.3, 0.4) is 0 Å². The Morgan fingerprint density at radius 3 is 2.38 bits per heavy atom. The van der Waals surface area contributed by atoms with Crippen molar-refractivity contribution in [1.29, 1.82) is 0 Å². The first-order valence-electron chi connectivity index (χ1n) is 7.06. The summed E-state index contributed by atoms with van der Waals surface area (Å²) in [4.78, 5) is 12.1. The van der Waals surface area contributed by atoms with Gasteiger partial charge in [-0.05, 0) is 40.7 Å². The number of amides is 1. The molecular formula is C16H26N2O3. The Balaban J connectivity index is 2.92. The molecule has 1 aromatic carbocycles. The average molecular weight is 294 g/mol. The lowest BCUT2D eigenvalue weighted by atomic mass is 10.1. The van der Waals surface area contributed by atoms with E-state index in [9.17, 15) is 4.79 Å². The lowest BCUT2D eigenvalue weighted by Gasteiger charge is -2.24. The summed E-state index contributed by atoms with van der Waals surface area (Å²) in [5.41, 5.74) is 6.48. The van der Waals surface area contributed by atoms with Gasteiger partial charge < -0.3 is 20.5 Å². The molecule has 0 saturated carbocycles. The van der Waals surface area contributed by atoms with Crippen LogP contribution in [0.15, 0.2) is 18.2 Å². The zero-order valence-electron chi connectivity index (χ0n) is 13.7. The maximum absolute atomic E-state index is 12.1. The Bertz CT molecular complexity index is 493. The van der Waals surface area contributed by atoms with Crippen LogP contribution >= 0.6 is 0 Å². The molecule has 0 bridgehead atoms. The third kappa shape index (κ3) is 5.27. The predicted molar refractivity (Wildman–Crippen MR) is 83.6 cm³/mol. The summed E-state index contributed by atoms with van der Waals surface area (Å²) in [6, 6.07) is 5.24. The van der Waals surface area contributed by atoms with Crippen molar-refractivity contribution in [1.82, 2.24) is 5.32 Å². The summed E-state index contributed by atoms with van der Waals surface area (Å²) >= 11 is 0. The maximum Gasteiger partial charge on any atom is 0.261 e. The molecule has 1 rings (SSSR count). The van der Waals surface area contributed by atoms with E-state index < -0.39 is 6.10 Å². The van der Waals surface area contributed by atoms with Crippen molar-refractivity contribution < 1.29 is 14.3 Å². The van der Waals surface area contributed by atoms with Gasteiger partial charge in [0.25, 0.3) is 5.91 Å². The van der Waals surface area contributed by atoms with Crippen molar-refractivity contribution in [3.05, 3.63) is 23.8 Å². The van der Waals surface area contributed by atoms with Crippen LogP contribution in [0, 0.1) is 0 Å². The molecule has 0 aliphatic heterocycles. The molecule has 5 heteroatoms. The van der Waals surface area contributed by atoms with Gasteiger partial charge in [0.05, 0.1) is 7.11 Å². The number of nitrogens with one attached hydrogen (secondary N) is 1. The molecule has 1 unspecified atom stereocenters. The van der Waals surface area contributed by atoms with Crippen LogP contribution in [0.2, 0.25) is 0 Å². The normalized spacial score (nSPS) is 14.2. The lowest BCUT2D eigenvalue weighted by Crippen LogP contribution is -2.46. The second-order valence-corrected chi connectivity index (χ2v) is 6.19. The summed E-state index contributed by atoms with van der Waals surface area (Å²) in [7, 11) is 1.58. The van der Waals surface area contributed by atoms with Gasteiger partial charge in [0.2, 0.25) is 0 Å². The van der Waals surface area contributed by atoms with Gasteiger partial charge in [-0.2, -0.15) is 0 Å². The van der Waals surface area contributed by atoms with Crippen LogP contribution in [-0.4, -0.2) is 24.7 Å². The first-order chi connectivity index (χ1) is 9.64. The van der Waals surface area contributed by atoms with E-state index in [2.05, 4.69) is 5.32 Å². The number of carbonyl (C=O) groups is 1. The molecule has 5 nitrogen and oxygen atoms in total. The van der Waals surface area contributed by atoms with E-state index in [0.717, 1.165) is 5.56 Å². The van der Waals surface area contributed by atoms with Crippen molar-refractivity contribution in [3.63, 3.8) is 0 Å². The lowest BCUT2D eigenvalue weighted by molar-refractivity contribution is -0.128. The topological polar surface area (TPSA) is 73.6 Å². The minimum absolute atomic E-state index is 0.166. The van der Waals surface area contributed by atoms with E-state index in [-0.39, 0.29) is 17.5 Å². The molecule has 0 aliphatic rings. The SMILES string of the molecule is COc1ccc([C@H](C)N)c(OC(C)C(=O)NC(C)(C)C)c1. The number of methoxy groups -OCH3 is 1. The molecule has 0 aliphatic carbocycles. The highest BCUT2D eigenvalue weighted by molar-refractivity contribution is 5.81. The van der Waals surface area contributed by atoms with E-state index in [0.29, 0.717) is 11.5 Å². The molecule has 118 valence electrons. The molecule has 0 fully saturated rings. The van der Waals surface area contributed by atoms with Gasteiger partial charge >= 0.3 is 0 Å². The zero-order valence-corrected chi connectivity index (χ0v) is 13.7. The van der Waals surface area contributed by atoms with Crippen LogP contribution in [0.4, 0.5) is 0 Å². The van der Waals surface area contributed by atoms with E-state index in [1.54, 1.807) is 20.1 Å². The Morgan fingerprint density at radius 2 is 1.90 bits per heavy atom. The van der Waals surface area contributed by atoms with Gasteiger partial charge in [0, 0.05) is 23.2 Å². The van der Waals surface area contributed by atoms with Crippen molar-refractivity contribution in [3.8, 4) is 11.5 Å². The molecular weight excluding hydrogens is 268 g/mol. The fourth-order valence-electron chi connectivity index (χ4n) is 1.84. The number of carbonyl (C=O) groups excluding carboxylic acids is 1. The Morgan fingerprint density at radius 1 is 1.29 bits per heavy atom. The van der Waals surface area contributed by atoms with E-state index in [4.69, 9.17) is 15.2 Å². The molecule has 0 saturated heterocycles. The van der Waals surface area contributed by atoms with Gasteiger partial charge in [-0.25, -0.2) is 0 Å². The molecule has 2 atom stereocenters. The summed E-state index contributed by atoms with van der Waals surface area (Å²) < 4.78 is 11.0. The first kappa shape index (κ1) is 17.3. The van der Waals surface area contributed by atoms with Gasteiger partial charge in [-0.15, -0.1) is 0 Å². The van der Waals surface area contributed by atoms with Crippen molar-refractivity contribution in [2.45, 2.75) is 52.3 Å². The van der Waals surface area contributed by atoms with E-state index in [1.807, 2.05) is 39.8 Å². The van der Waals surface area contributed by atoms with Gasteiger partial charge in [-0.1, -0.05) is 6.07 Å².